The zero-order valence-corrected chi connectivity index (χ0v) is 17.7. The number of thiol groups is 1. The standard InChI is InChI=1S/C23H32O3S/c1-4-19(24)26-23(20(25)27)14-11-18-16-9-8-15-7-5-6-12-21(15,2)17(16)10-13-22(18,23)3/h6-7,12,16-18H,4-5,8-11,13-14H2,1-3H3,(H,25,27)/t16-,17+,18+,21+,22+,23?/m1/s1. The average molecular weight is 389 g/mol. The molecule has 0 amide bonds. The molecule has 0 heterocycles. The Morgan fingerprint density at radius 1 is 1.19 bits per heavy atom. The molecule has 3 saturated carbocycles. The second kappa shape index (κ2) is 6.50. The quantitative estimate of drug-likeness (QED) is 0.407. The van der Waals surface area contributed by atoms with Crippen LogP contribution >= 0.6 is 12.6 Å². The van der Waals surface area contributed by atoms with Crippen LogP contribution in [-0.2, 0) is 14.3 Å². The largest absolute Gasteiger partial charge is 0.449 e. The Labute approximate surface area is 168 Å². The lowest BCUT2D eigenvalue weighted by Gasteiger charge is -2.58. The number of fused-ring (bicyclic) bond motifs is 5. The Balaban J connectivity index is 1.70. The van der Waals surface area contributed by atoms with Crippen LogP contribution in [0.3, 0.4) is 0 Å². The van der Waals surface area contributed by atoms with Gasteiger partial charge in [-0.25, -0.2) is 0 Å². The third-order valence-electron chi connectivity index (χ3n) is 8.65. The SMILES string of the molecule is CCC(=O)OC1(C(=O)S)CC[C@H]2[C@@H]3CCC4=CCC=C[C@]4(C)[C@H]3CC[C@@]21C. The molecule has 3 nitrogen and oxygen atoms in total. The van der Waals surface area contributed by atoms with Gasteiger partial charge in [0.05, 0.1) is 0 Å². The van der Waals surface area contributed by atoms with E-state index in [2.05, 4.69) is 44.7 Å². The Morgan fingerprint density at radius 2 is 1.93 bits per heavy atom. The van der Waals surface area contributed by atoms with Crippen molar-refractivity contribution in [1.82, 2.24) is 0 Å². The predicted molar refractivity (Wildman–Crippen MR) is 109 cm³/mol. The van der Waals surface area contributed by atoms with E-state index in [0.717, 1.165) is 32.1 Å². The molecule has 0 aromatic carbocycles. The third kappa shape index (κ3) is 2.54. The molecular formula is C23H32O3S. The van der Waals surface area contributed by atoms with E-state index in [1.807, 2.05) is 0 Å². The van der Waals surface area contributed by atoms with Gasteiger partial charge < -0.3 is 4.74 Å². The minimum absolute atomic E-state index is 0.165. The summed E-state index contributed by atoms with van der Waals surface area (Å²) in [6.45, 7) is 6.40. The number of allylic oxidation sites excluding steroid dienone is 4. The predicted octanol–water partition coefficient (Wildman–Crippen LogP) is 5.26. The van der Waals surface area contributed by atoms with Gasteiger partial charge in [0.15, 0.2) is 5.60 Å². The first-order valence-electron chi connectivity index (χ1n) is 10.6. The molecule has 0 saturated heterocycles. The van der Waals surface area contributed by atoms with Gasteiger partial charge in [-0.1, -0.05) is 44.6 Å². The van der Waals surface area contributed by atoms with Gasteiger partial charge in [0.2, 0.25) is 5.12 Å². The Hall–Kier alpha value is -1.03. The van der Waals surface area contributed by atoms with Crippen LogP contribution < -0.4 is 0 Å². The zero-order chi connectivity index (χ0) is 19.4. The van der Waals surface area contributed by atoms with Gasteiger partial charge in [-0.05, 0) is 62.7 Å². The van der Waals surface area contributed by atoms with E-state index in [4.69, 9.17) is 4.74 Å². The van der Waals surface area contributed by atoms with E-state index in [1.54, 1.807) is 12.5 Å². The zero-order valence-electron chi connectivity index (χ0n) is 16.8. The lowest BCUT2D eigenvalue weighted by molar-refractivity contribution is -0.184. The summed E-state index contributed by atoms with van der Waals surface area (Å²) in [5, 5.41) is -0.257. The summed E-state index contributed by atoms with van der Waals surface area (Å²) in [6.07, 6.45) is 14.5. The van der Waals surface area contributed by atoms with Crippen molar-refractivity contribution in [2.45, 2.75) is 77.7 Å². The van der Waals surface area contributed by atoms with Crippen molar-refractivity contribution >= 4 is 23.7 Å². The highest BCUT2D eigenvalue weighted by molar-refractivity contribution is 7.96. The van der Waals surface area contributed by atoms with E-state index in [-0.39, 0.29) is 21.9 Å². The molecule has 4 heteroatoms. The number of hydrogen-bond donors (Lipinski definition) is 1. The van der Waals surface area contributed by atoms with E-state index >= 15 is 0 Å². The molecule has 0 spiro atoms. The van der Waals surface area contributed by atoms with Crippen molar-refractivity contribution in [2.75, 3.05) is 0 Å². The lowest BCUT2D eigenvalue weighted by atomic mass is 9.47. The molecule has 1 unspecified atom stereocenters. The molecule has 148 valence electrons. The summed E-state index contributed by atoms with van der Waals surface area (Å²) in [6, 6.07) is 0. The van der Waals surface area contributed by atoms with Crippen molar-refractivity contribution in [3.8, 4) is 0 Å². The number of esters is 1. The smallest absolute Gasteiger partial charge is 0.306 e. The van der Waals surface area contributed by atoms with Crippen molar-refractivity contribution < 1.29 is 14.3 Å². The summed E-state index contributed by atoms with van der Waals surface area (Å²) < 4.78 is 5.90. The molecule has 0 bridgehead atoms. The second-order valence-electron chi connectivity index (χ2n) is 9.52. The molecule has 0 aliphatic heterocycles. The normalized spacial score (nSPS) is 45.3. The van der Waals surface area contributed by atoms with Gasteiger partial charge in [0.1, 0.15) is 0 Å². The highest BCUT2D eigenvalue weighted by Crippen LogP contribution is 2.68. The summed E-state index contributed by atoms with van der Waals surface area (Å²) in [5.74, 6) is 1.35. The summed E-state index contributed by atoms with van der Waals surface area (Å²) in [7, 11) is 0. The Bertz CT molecular complexity index is 725. The Morgan fingerprint density at radius 3 is 2.63 bits per heavy atom. The van der Waals surface area contributed by atoms with Crippen molar-refractivity contribution in [2.24, 2.45) is 28.6 Å². The highest BCUT2D eigenvalue weighted by atomic mass is 32.1. The third-order valence-corrected chi connectivity index (χ3v) is 9.01. The molecule has 0 N–H and O–H groups in total. The van der Waals surface area contributed by atoms with Crippen molar-refractivity contribution in [1.29, 1.82) is 0 Å². The Kier molecular flexibility index (Phi) is 4.65. The first-order chi connectivity index (χ1) is 12.8. The topological polar surface area (TPSA) is 43.4 Å². The van der Waals surface area contributed by atoms with Crippen molar-refractivity contribution in [3.63, 3.8) is 0 Å². The maximum Gasteiger partial charge on any atom is 0.306 e. The molecule has 27 heavy (non-hydrogen) atoms. The van der Waals surface area contributed by atoms with Gasteiger partial charge in [-0.15, -0.1) is 12.6 Å². The molecule has 4 rings (SSSR count). The number of carbonyl (C=O) groups excluding carboxylic acids is 2. The first-order valence-corrected chi connectivity index (χ1v) is 11.1. The monoisotopic (exact) mass is 388 g/mol. The van der Waals surface area contributed by atoms with Gasteiger partial charge in [-0.3, -0.25) is 9.59 Å². The van der Waals surface area contributed by atoms with Crippen LogP contribution in [0.25, 0.3) is 0 Å². The van der Waals surface area contributed by atoms with Crippen LogP contribution in [0.2, 0.25) is 0 Å². The van der Waals surface area contributed by atoms with E-state index in [9.17, 15) is 9.59 Å². The van der Waals surface area contributed by atoms with E-state index in [0.29, 0.717) is 30.6 Å². The van der Waals surface area contributed by atoms with Crippen LogP contribution in [-0.4, -0.2) is 16.7 Å². The number of ether oxygens (including phenoxy) is 1. The second-order valence-corrected chi connectivity index (χ2v) is 9.93. The average Bonchev–Trinajstić information content (AvgIpc) is 2.94. The maximum atomic E-state index is 12.7. The highest BCUT2D eigenvalue weighted by Gasteiger charge is 2.68. The fraction of sp³-hybridized carbons (Fsp3) is 0.739. The summed E-state index contributed by atoms with van der Waals surface area (Å²) >= 11 is 4.24. The molecule has 4 aliphatic carbocycles. The molecule has 6 atom stereocenters. The maximum absolute atomic E-state index is 12.7. The van der Waals surface area contributed by atoms with E-state index in [1.165, 1.54) is 6.42 Å². The first kappa shape index (κ1) is 19.3. The van der Waals surface area contributed by atoms with Gasteiger partial charge in [0.25, 0.3) is 0 Å². The molecule has 0 aromatic rings. The number of rotatable bonds is 3. The summed E-state index contributed by atoms with van der Waals surface area (Å²) in [4.78, 5) is 24.9. The number of carbonyl (C=O) groups is 2. The molecule has 0 aromatic heterocycles. The van der Waals surface area contributed by atoms with Gasteiger partial charge >= 0.3 is 5.97 Å². The molecular weight excluding hydrogens is 356 g/mol. The molecule has 0 radical (unpaired) electrons. The number of hydrogen-bond acceptors (Lipinski definition) is 3. The molecule has 3 fully saturated rings. The van der Waals surface area contributed by atoms with Crippen LogP contribution in [0, 0.1) is 28.6 Å². The lowest BCUT2D eigenvalue weighted by Crippen LogP contribution is -2.58. The van der Waals surface area contributed by atoms with Crippen LogP contribution in [0.15, 0.2) is 23.8 Å². The minimum Gasteiger partial charge on any atom is -0.449 e. The fourth-order valence-corrected chi connectivity index (χ4v) is 7.58. The minimum atomic E-state index is -1.04. The van der Waals surface area contributed by atoms with Crippen LogP contribution in [0.5, 0.6) is 0 Å². The summed E-state index contributed by atoms with van der Waals surface area (Å²) in [5.41, 5.74) is 0.437. The molecule has 4 aliphatic rings. The van der Waals surface area contributed by atoms with Crippen LogP contribution in [0.4, 0.5) is 0 Å². The van der Waals surface area contributed by atoms with Gasteiger partial charge in [-0.2, -0.15) is 0 Å². The van der Waals surface area contributed by atoms with Gasteiger partial charge in [0, 0.05) is 17.3 Å². The van der Waals surface area contributed by atoms with Crippen LogP contribution in [0.1, 0.15) is 72.1 Å². The fourth-order valence-electron chi connectivity index (χ4n) is 7.17. The van der Waals surface area contributed by atoms with Crippen molar-refractivity contribution in [3.05, 3.63) is 23.8 Å². The van der Waals surface area contributed by atoms with E-state index < -0.39 is 5.60 Å².